The average Bonchev–Trinajstić information content (AvgIpc) is 2.81. The van der Waals surface area contributed by atoms with Crippen molar-refractivity contribution in [2.75, 3.05) is 26.2 Å². The van der Waals surface area contributed by atoms with Gasteiger partial charge in [0.15, 0.2) is 0 Å². The van der Waals surface area contributed by atoms with Crippen molar-refractivity contribution in [3.05, 3.63) is 90.0 Å². The smallest absolute Gasteiger partial charge is 0.123 e. The number of hydrogen-bond acceptors (Lipinski definition) is 4. The minimum atomic E-state index is -0.217. The fourth-order valence-corrected chi connectivity index (χ4v) is 5.45. The first-order chi connectivity index (χ1) is 15.7. The summed E-state index contributed by atoms with van der Waals surface area (Å²) in [6.45, 7) is 4.25. The molecule has 32 heavy (non-hydrogen) atoms. The standard InChI is InChI=1S/C27H30FN3O/c28-24-11-9-22(10-12-24)21-5-7-23(8-6-21)27-25-18-30(17-20-4-3-13-29-16-20)14-1-2-15-31(25)26(27)19-32/h3-13,16,25-27,32H,1-2,14-15,17-19H2/t25-,26+,27-/m1/s1. The van der Waals surface area contributed by atoms with E-state index in [1.54, 1.807) is 0 Å². The topological polar surface area (TPSA) is 39.6 Å². The zero-order valence-corrected chi connectivity index (χ0v) is 18.3. The lowest BCUT2D eigenvalue weighted by atomic mass is 9.74. The van der Waals surface area contributed by atoms with Crippen LogP contribution >= 0.6 is 0 Å². The van der Waals surface area contributed by atoms with Crippen LogP contribution in [0.2, 0.25) is 0 Å². The van der Waals surface area contributed by atoms with Gasteiger partial charge in [0.1, 0.15) is 5.82 Å². The van der Waals surface area contributed by atoms with Crippen LogP contribution in [-0.4, -0.2) is 58.2 Å². The van der Waals surface area contributed by atoms with Gasteiger partial charge < -0.3 is 5.11 Å². The van der Waals surface area contributed by atoms with Crippen LogP contribution in [-0.2, 0) is 6.54 Å². The van der Waals surface area contributed by atoms with E-state index in [1.165, 1.54) is 29.7 Å². The Hall–Kier alpha value is -2.60. The van der Waals surface area contributed by atoms with Crippen molar-refractivity contribution in [1.82, 2.24) is 14.8 Å². The molecule has 3 aromatic rings. The van der Waals surface area contributed by atoms with Crippen LogP contribution in [0.4, 0.5) is 4.39 Å². The number of aromatic nitrogens is 1. The van der Waals surface area contributed by atoms with E-state index >= 15 is 0 Å². The highest BCUT2D eigenvalue weighted by Crippen LogP contribution is 2.42. The van der Waals surface area contributed by atoms with Gasteiger partial charge in [-0.05, 0) is 66.4 Å². The van der Waals surface area contributed by atoms with Crippen molar-refractivity contribution < 1.29 is 9.50 Å². The molecule has 0 amide bonds. The maximum atomic E-state index is 13.3. The van der Waals surface area contributed by atoms with E-state index in [0.29, 0.717) is 12.0 Å². The number of hydrogen-bond donors (Lipinski definition) is 1. The van der Waals surface area contributed by atoms with Crippen molar-refractivity contribution in [3.63, 3.8) is 0 Å². The lowest BCUT2D eigenvalue weighted by Crippen LogP contribution is -2.67. The van der Waals surface area contributed by atoms with E-state index in [2.05, 4.69) is 45.1 Å². The molecule has 0 spiro atoms. The predicted octanol–water partition coefficient (Wildman–Crippen LogP) is 4.31. The van der Waals surface area contributed by atoms with Crippen molar-refractivity contribution >= 4 is 0 Å². The second kappa shape index (κ2) is 9.49. The molecule has 3 heterocycles. The molecule has 1 aromatic heterocycles. The molecule has 0 unspecified atom stereocenters. The third-order valence-electron chi connectivity index (χ3n) is 7.06. The van der Waals surface area contributed by atoms with Gasteiger partial charge >= 0.3 is 0 Å². The molecule has 3 atom stereocenters. The molecule has 2 aliphatic rings. The first-order valence-electron chi connectivity index (χ1n) is 11.6. The van der Waals surface area contributed by atoms with Crippen LogP contribution in [0.1, 0.15) is 29.9 Å². The molecule has 0 radical (unpaired) electrons. The summed E-state index contributed by atoms with van der Waals surface area (Å²) in [5.74, 6) is 0.0996. The molecule has 5 heteroatoms. The molecule has 0 bridgehead atoms. The molecule has 0 saturated carbocycles. The summed E-state index contributed by atoms with van der Waals surface area (Å²) in [4.78, 5) is 9.33. The lowest BCUT2D eigenvalue weighted by Gasteiger charge is -2.57. The zero-order chi connectivity index (χ0) is 21.9. The largest absolute Gasteiger partial charge is 0.395 e. The number of rotatable bonds is 5. The second-order valence-electron chi connectivity index (χ2n) is 9.01. The summed E-state index contributed by atoms with van der Waals surface area (Å²) in [6.07, 6.45) is 6.12. The second-order valence-corrected chi connectivity index (χ2v) is 9.01. The maximum absolute atomic E-state index is 13.3. The number of aliphatic hydroxyl groups is 1. The van der Waals surface area contributed by atoms with Gasteiger partial charge in [0.2, 0.25) is 0 Å². The normalized spacial score (nSPS) is 24.2. The lowest BCUT2D eigenvalue weighted by molar-refractivity contribution is -0.0655. The fraction of sp³-hybridized carbons (Fsp3) is 0.370. The van der Waals surface area contributed by atoms with Gasteiger partial charge in [-0.2, -0.15) is 0 Å². The molecule has 0 aliphatic carbocycles. The van der Waals surface area contributed by atoms with Crippen molar-refractivity contribution in [3.8, 4) is 11.1 Å². The summed E-state index contributed by atoms with van der Waals surface area (Å²) in [7, 11) is 0. The van der Waals surface area contributed by atoms with E-state index in [-0.39, 0.29) is 18.5 Å². The van der Waals surface area contributed by atoms with Gasteiger partial charge in [0.05, 0.1) is 6.61 Å². The van der Waals surface area contributed by atoms with Gasteiger partial charge in [0, 0.05) is 43.5 Å². The molecular formula is C27H30FN3O. The van der Waals surface area contributed by atoms with Gasteiger partial charge in [-0.1, -0.05) is 42.5 Å². The SMILES string of the molecule is OC[C@H]1[C@H](c2ccc(-c3ccc(F)cc3)cc2)[C@H]2CN(Cc3cccnc3)CCCCN21. The van der Waals surface area contributed by atoms with E-state index in [4.69, 9.17) is 0 Å². The fourth-order valence-electron chi connectivity index (χ4n) is 5.45. The van der Waals surface area contributed by atoms with Gasteiger partial charge in [0.25, 0.3) is 0 Å². The molecular weight excluding hydrogens is 401 g/mol. The Morgan fingerprint density at radius 3 is 2.34 bits per heavy atom. The summed E-state index contributed by atoms with van der Waals surface area (Å²) in [6, 6.07) is 20.0. The van der Waals surface area contributed by atoms with Crippen LogP contribution in [0.5, 0.6) is 0 Å². The number of benzene rings is 2. The summed E-state index contributed by atoms with van der Waals surface area (Å²) < 4.78 is 13.3. The van der Waals surface area contributed by atoms with E-state index in [0.717, 1.165) is 43.7 Å². The minimum Gasteiger partial charge on any atom is -0.395 e. The highest BCUT2D eigenvalue weighted by Gasteiger charge is 2.48. The molecule has 2 aliphatic heterocycles. The molecule has 5 rings (SSSR count). The summed E-state index contributed by atoms with van der Waals surface area (Å²) in [5, 5.41) is 10.2. The molecule has 2 fully saturated rings. The maximum Gasteiger partial charge on any atom is 0.123 e. The van der Waals surface area contributed by atoms with E-state index in [1.807, 2.05) is 30.6 Å². The predicted molar refractivity (Wildman–Crippen MR) is 125 cm³/mol. The molecule has 166 valence electrons. The number of aliphatic hydroxyl groups excluding tert-OH is 1. The highest BCUT2D eigenvalue weighted by atomic mass is 19.1. The van der Waals surface area contributed by atoms with Crippen LogP contribution in [0.3, 0.4) is 0 Å². The summed E-state index contributed by atoms with van der Waals surface area (Å²) in [5.41, 5.74) is 4.62. The Morgan fingerprint density at radius 2 is 1.66 bits per heavy atom. The van der Waals surface area contributed by atoms with E-state index in [9.17, 15) is 9.50 Å². The Bertz CT molecular complexity index is 1010. The first-order valence-corrected chi connectivity index (χ1v) is 11.6. The Balaban J connectivity index is 1.35. The first kappa shape index (κ1) is 21.3. The molecule has 4 nitrogen and oxygen atoms in total. The highest BCUT2D eigenvalue weighted by molar-refractivity contribution is 5.63. The van der Waals surface area contributed by atoms with Gasteiger partial charge in [-0.15, -0.1) is 0 Å². The monoisotopic (exact) mass is 431 g/mol. The van der Waals surface area contributed by atoms with Crippen molar-refractivity contribution in [2.45, 2.75) is 37.4 Å². The van der Waals surface area contributed by atoms with Crippen LogP contribution in [0.15, 0.2) is 73.1 Å². The Morgan fingerprint density at radius 1 is 0.938 bits per heavy atom. The van der Waals surface area contributed by atoms with Crippen molar-refractivity contribution in [1.29, 1.82) is 0 Å². The van der Waals surface area contributed by atoms with Gasteiger partial charge in [-0.3, -0.25) is 14.8 Å². The molecule has 2 aromatic carbocycles. The number of nitrogens with zero attached hydrogens (tertiary/aromatic N) is 3. The number of fused-ring (bicyclic) bond motifs is 1. The zero-order valence-electron chi connectivity index (χ0n) is 18.3. The van der Waals surface area contributed by atoms with Crippen molar-refractivity contribution in [2.24, 2.45) is 0 Å². The Labute approximate surface area is 189 Å². The third-order valence-corrected chi connectivity index (χ3v) is 7.06. The molecule has 2 saturated heterocycles. The minimum absolute atomic E-state index is 0.176. The molecule has 1 N–H and O–H groups in total. The van der Waals surface area contributed by atoms with Crippen LogP contribution < -0.4 is 0 Å². The average molecular weight is 432 g/mol. The number of pyridine rings is 1. The summed E-state index contributed by atoms with van der Waals surface area (Å²) >= 11 is 0. The van der Waals surface area contributed by atoms with Crippen LogP contribution in [0, 0.1) is 5.82 Å². The third kappa shape index (κ3) is 4.33. The Kier molecular flexibility index (Phi) is 6.30. The number of halogens is 1. The van der Waals surface area contributed by atoms with Crippen LogP contribution in [0.25, 0.3) is 11.1 Å². The van der Waals surface area contributed by atoms with E-state index < -0.39 is 0 Å². The van der Waals surface area contributed by atoms with Gasteiger partial charge in [-0.25, -0.2) is 4.39 Å². The quantitative estimate of drug-likeness (QED) is 0.653.